The van der Waals surface area contributed by atoms with Gasteiger partial charge in [-0.15, -0.1) is 0 Å². The third kappa shape index (κ3) is 3.16. The molecule has 0 saturated heterocycles. The van der Waals surface area contributed by atoms with E-state index >= 15 is 0 Å². The first-order chi connectivity index (χ1) is 8.69. The van der Waals surface area contributed by atoms with E-state index in [9.17, 15) is 12.8 Å². The molecule has 1 aromatic carbocycles. The van der Waals surface area contributed by atoms with Crippen LogP contribution in [-0.4, -0.2) is 30.0 Å². The lowest BCUT2D eigenvalue weighted by atomic mass is 10.3. The third-order valence-electron chi connectivity index (χ3n) is 2.74. The molecular weight excluding hydrogens is 402 g/mol. The topological polar surface area (TPSA) is 54.9 Å². The van der Waals surface area contributed by atoms with Gasteiger partial charge in [0, 0.05) is 18.4 Å². The number of sulfone groups is 1. The fraction of sp³-hybridized carbons (Fsp3) is 0.364. The molecule has 1 atom stereocenters. The normalized spacial score (nSPS) is 13.9. The molecule has 0 aliphatic carbocycles. The molecule has 0 amide bonds. The number of aromatic amines is 1. The summed E-state index contributed by atoms with van der Waals surface area (Å²) in [6.45, 7) is 1.75. The molecule has 1 N–H and O–H groups in total. The molecule has 2 aromatic rings. The van der Waals surface area contributed by atoms with E-state index in [0.717, 1.165) is 0 Å². The van der Waals surface area contributed by atoms with Gasteiger partial charge in [-0.25, -0.2) is 12.8 Å². The predicted molar refractivity (Wildman–Crippen MR) is 84.2 cm³/mol. The molecule has 19 heavy (non-hydrogen) atoms. The van der Waals surface area contributed by atoms with Gasteiger partial charge in [-0.05, 0) is 47.8 Å². The second-order valence-corrected chi connectivity index (χ2v) is 8.26. The Kier molecular flexibility index (Phi) is 4.03. The Bertz CT molecular complexity index is 795. The molecule has 0 fully saturated rings. The second kappa shape index (κ2) is 5.13. The minimum absolute atomic E-state index is 0.0398. The summed E-state index contributed by atoms with van der Waals surface area (Å²) < 4.78 is 38.9. The molecule has 1 heterocycles. The van der Waals surface area contributed by atoms with E-state index in [2.05, 4.69) is 4.98 Å². The molecule has 0 radical (unpaired) electrons. The number of halogens is 2. The minimum Gasteiger partial charge on any atom is -0.331 e. The first kappa shape index (κ1) is 14.9. The van der Waals surface area contributed by atoms with Gasteiger partial charge in [0.1, 0.15) is 15.7 Å². The zero-order chi connectivity index (χ0) is 14.4. The van der Waals surface area contributed by atoms with Crippen LogP contribution in [0.15, 0.2) is 12.1 Å². The maximum Gasteiger partial charge on any atom is 0.178 e. The molecule has 2 rings (SSSR count). The van der Waals surface area contributed by atoms with Gasteiger partial charge in [0.2, 0.25) is 0 Å². The number of nitrogens with zero attached hydrogens (tertiary/aromatic N) is 1. The highest BCUT2D eigenvalue weighted by Gasteiger charge is 2.17. The lowest BCUT2D eigenvalue weighted by Gasteiger charge is -2.13. The quantitative estimate of drug-likeness (QED) is 0.621. The smallest absolute Gasteiger partial charge is 0.178 e. The van der Waals surface area contributed by atoms with Gasteiger partial charge in [-0.2, -0.15) is 0 Å². The number of imidazole rings is 1. The van der Waals surface area contributed by atoms with Gasteiger partial charge in [0.25, 0.3) is 0 Å². The van der Waals surface area contributed by atoms with Crippen molar-refractivity contribution in [1.82, 2.24) is 9.55 Å². The molecule has 0 saturated carbocycles. The van der Waals surface area contributed by atoms with Crippen molar-refractivity contribution in [3.05, 3.63) is 26.3 Å². The summed E-state index contributed by atoms with van der Waals surface area (Å²) in [6.07, 6.45) is 1.17. The van der Waals surface area contributed by atoms with Crippen molar-refractivity contribution < 1.29 is 12.8 Å². The van der Waals surface area contributed by atoms with Crippen LogP contribution in [0.25, 0.3) is 11.0 Å². The Hall–Kier alpha value is -0.480. The summed E-state index contributed by atoms with van der Waals surface area (Å²) in [5.41, 5.74) is 1.29. The minimum atomic E-state index is -3.13. The van der Waals surface area contributed by atoms with Gasteiger partial charge in [-0.1, -0.05) is 0 Å². The SMILES string of the molecule is CC(CS(C)(=O)=O)n1c(=S)[nH]c2cc(I)c(F)cc21. The maximum absolute atomic E-state index is 13.7. The van der Waals surface area contributed by atoms with Crippen LogP contribution < -0.4 is 0 Å². The van der Waals surface area contributed by atoms with Crippen LogP contribution >= 0.6 is 34.8 Å². The van der Waals surface area contributed by atoms with Crippen molar-refractivity contribution in [3.63, 3.8) is 0 Å². The highest BCUT2D eigenvalue weighted by molar-refractivity contribution is 14.1. The van der Waals surface area contributed by atoms with Crippen LogP contribution in [-0.2, 0) is 9.84 Å². The molecular formula is C11H12FIN2O2S2. The number of hydrogen-bond donors (Lipinski definition) is 1. The van der Waals surface area contributed by atoms with E-state index in [0.29, 0.717) is 19.4 Å². The second-order valence-electron chi connectivity index (χ2n) is 4.53. The van der Waals surface area contributed by atoms with Crippen molar-refractivity contribution in [1.29, 1.82) is 0 Å². The number of rotatable bonds is 3. The van der Waals surface area contributed by atoms with Crippen molar-refractivity contribution in [3.8, 4) is 0 Å². The standard InChI is InChI=1S/C11H12FIN2O2S2/c1-6(5-19(2,16)17)15-10-3-7(12)8(13)4-9(10)14-11(15)18/h3-4,6H,5H2,1-2H3,(H,14,18). The molecule has 4 nitrogen and oxygen atoms in total. The lowest BCUT2D eigenvalue weighted by Crippen LogP contribution is -2.16. The van der Waals surface area contributed by atoms with E-state index in [-0.39, 0.29) is 17.6 Å². The van der Waals surface area contributed by atoms with Gasteiger partial charge in [0.05, 0.1) is 20.4 Å². The fourth-order valence-electron chi connectivity index (χ4n) is 2.07. The highest BCUT2D eigenvalue weighted by atomic mass is 127. The number of benzene rings is 1. The van der Waals surface area contributed by atoms with Gasteiger partial charge >= 0.3 is 0 Å². The van der Waals surface area contributed by atoms with Crippen LogP contribution in [0, 0.1) is 14.2 Å². The van der Waals surface area contributed by atoms with E-state index in [1.165, 1.54) is 12.3 Å². The molecule has 0 bridgehead atoms. The number of hydrogen-bond acceptors (Lipinski definition) is 3. The summed E-state index contributed by atoms with van der Waals surface area (Å²) in [7, 11) is -3.13. The number of H-pyrrole nitrogens is 1. The van der Waals surface area contributed by atoms with Crippen molar-refractivity contribution in [2.24, 2.45) is 0 Å². The van der Waals surface area contributed by atoms with Gasteiger partial charge in [0.15, 0.2) is 4.77 Å². The van der Waals surface area contributed by atoms with Crippen molar-refractivity contribution in [2.75, 3.05) is 12.0 Å². The van der Waals surface area contributed by atoms with E-state index < -0.39 is 9.84 Å². The van der Waals surface area contributed by atoms with Crippen molar-refractivity contribution in [2.45, 2.75) is 13.0 Å². The summed E-state index contributed by atoms with van der Waals surface area (Å²) >= 11 is 7.09. The molecule has 1 unspecified atom stereocenters. The van der Waals surface area contributed by atoms with E-state index in [1.807, 2.05) is 22.6 Å². The van der Waals surface area contributed by atoms with E-state index in [4.69, 9.17) is 12.2 Å². The first-order valence-electron chi connectivity index (χ1n) is 5.46. The fourth-order valence-corrected chi connectivity index (χ4v) is 3.95. The highest BCUT2D eigenvalue weighted by Crippen LogP contribution is 2.24. The Morgan fingerprint density at radius 1 is 1.53 bits per heavy atom. The Morgan fingerprint density at radius 3 is 2.74 bits per heavy atom. The summed E-state index contributed by atoms with van der Waals surface area (Å²) in [6, 6.07) is 2.68. The van der Waals surface area contributed by atoms with Crippen LogP contribution in [0.3, 0.4) is 0 Å². The average molecular weight is 414 g/mol. The molecule has 0 spiro atoms. The van der Waals surface area contributed by atoms with Crippen LogP contribution in [0.4, 0.5) is 4.39 Å². The number of fused-ring (bicyclic) bond motifs is 1. The zero-order valence-corrected chi connectivity index (χ0v) is 14.1. The van der Waals surface area contributed by atoms with Gasteiger partial charge < -0.3 is 9.55 Å². The van der Waals surface area contributed by atoms with E-state index in [1.54, 1.807) is 17.6 Å². The molecule has 0 aliphatic heterocycles. The zero-order valence-electron chi connectivity index (χ0n) is 10.3. The predicted octanol–water partition coefficient (Wildman–Crippen LogP) is 3.05. The Labute approximate surface area is 129 Å². The summed E-state index contributed by atoms with van der Waals surface area (Å²) in [5, 5.41) is 0. The Balaban J connectivity index is 2.63. The largest absolute Gasteiger partial charge is 0.331 e. The number of aromatic nitrogens is 2. The number of nitrogens with one attached hydrogen (secondary N) is 1. The Morgan fingerprint density at radius 2 is 2.16 bits per heavy atom. The summed E-state index contributed by atoms with van der Waals surface area (Å²) in [4.78, 5) is 2.97. The van der Waals surface area contributed by atoms with Crippen molar-refractivity contribution >= 4 is 55.7 Å². The summed E-state index contributed by atoms with van der Waals surface area (Å²) in [5.74, 6) is -0.385. The monoisotopic (exact) mass is 414 g/mol. The average Bonchev–Trinajstić information content (AvgIpc) is 2.52. The molecule has 1 aromatic heterocycles. The molecule has 8 heteroatoms. The lowest BCUT2D eigenvalue weighted by molar-refractivity contribution is 0.565. The van der Waals surface area contributed by atoms with Gasteiger partial charge in [-0.3, -0.25) is 0 Å². The van der Waals surface area contributed by atoms with Crippen LogP contribution in [0.5, 0.6) is 0 Å². The van der Waals surface area contributed by atoms with Crippen LogP contribution in [0.2, 0.25) is 0 Å². The third-order valence-corrected chi connectivity index (χ3v) is 4.96. The first-order valence-corrected chi connectivity index (χ1v) is 9.01. The van der Waals surface area contributed by atoms with Crippen LogP contribution in [0.1, 0.15) is 13.0 Å². The molecule has 0 aliphatic rings. The maximum atomic E-state index is 13.7. The molecule has 104 valence electrons.